The molecule has 1 amide bonds. The van der Waals surface area contributed by atoms with Crippen LogP contribution in [0.5, 0.6) is 0 Å². The van der Waals surface area contributed by atoms with Crippen molar-refractivity contribution in [2.75, 3.05) is 23.1 Å². The molecule has 0 aliphatic rings. The molecule has 0 aliphatic carbocycles. The highest BCUT2D eigenvalue weighted by Gasteiger charge is 2.27. The lowest BCUT2D eigenvalue weighted by atomic mass is 10.3. The number of furan rings is 1. The Morgan fingerprint density at radius 1 is 1.03 bits per heavy atom. The summed E-state index contributed by atoms with van der Waals surface area (Å²) in [6.45, 7) is 0.155. The molecule has 3 rings (SSSR count). The molecule has 0 spiro atoms. The van der Waals surface area contributed by atoms with Crippen molar-refractivity contribution in [1.29, 1.82) is 0 Å². The minimum absolute atomic E-state index is 0.0721. The number of rotatable bonds is 11. The van der Waals surface area contributed by atoms with Crippen LogP contribution in [0.1, 0.15) is 12.2 Å². The standard InChI is InChI=1S/C22H23ClN2O4S2/c23-18-9-11-21(12-10-18)31(27,28)25(19-6-2-1-3-7-19)16-22(26)24-13-5-15-30-17-20-8-4-14-29-20/h1-4,6-12,14H,5,13,15-17H2,(H,24,26). The maximum absolute atomic E-state index is 13.2. The van der Waals surface area contributed by atoms with Crippen LogP contribution < -0.4 is 9.62 Å². The number of hydrogen-bond acceptors (Lipinski definition) is 5. The first-order chi connectivity index (χ1) is 15.0. The Kier molecular flexibility index (Phi) is 8.45. The zero-order chi connectivity index (χ0) is 22.1. The highest BCUT2D eigenvalue weighted by Crippen LogP contribution is 2.24. The van der Waals surface area contributed by atoms with E-state index in [4.69, 9.17) is 16.0 Å². The first-order valence-electron chi connectivity index (χ1n) is 9.67. The normalized spacial score (nSPS) is 11.3. The van der Waals surface area contributed by atoms with Crippen LogP contribution >= 0.6 is 23.4 Å². The summed E-state index contributed by atoms with van der Waals surface area (Å²) in [6, 6.07) is 18.2. The fourth-order valence-corrected chi connectivity index (χ4v) is 5.20. The second kappa shape index (κ2) is 11.3. The number of para-hydroxylation sites is 1. The molecular formula is C22H23ClN2O4S2. The molecule has 164 valence electrons. The van der Waals surface area contributed by atoms with Crippen LogP contribution in [0, 0.1) is 0 Å². The van der Waals surface area contributed by atoms with Gasteiger partial charge in [0.05, 0.1) is 22.6 Å². The Balaban J connectivity index is 1.58. The van der Waals surface area contributed by atoms with Crippen LogP contribution in [0.4, 0.5) is 5.69 Å². The highest BCUT2D eigenvalue weighted by atomic mass is 35.5. The lowest BCUT2D eigenvalue weighted by molar-refractivity contribution is -0.119. The first kappa shape index (κ1) is 23.2. The largest absolute Gasteiger partial charge is 0.468 e. The molecule has 0 atom stereocenters. The Labute approximate surface area is 191 Å². The SMILES string of the molecule is O=C(CN(c1ccccc1)S(=O)(=O)c1ccc(Cl)cc1)NCCCSCc1ccco1. The number of anilines is 1. The topological polar surface area (TPSA) is 79.6 Å². The quantitative estimate of drug-likeness (QED) is 0.408. The third-order valence-corrected chi connectivity index (χ3v) is 7.45. The molecule has 0 unspecified atom stereocenters. The van der Waals surface area contributed by atoms with Gasteiger partial charge in [-0.3, -0.25) is 9.10 Å². The van der Waals surface area contributed by atoms with Crippen LogP contribution in [0.25, 0.3) is 0 Å². The van der Waals surface area contributed by atoms with E-state index in [0.29, 0.717) is 17.3 Å². The van der Waals surface area contributed by atoms with Gasteiger partial charge in [-0.25, -0.2) is 8.42 Å². The molecule has 31 heavy (non-hydrogen) atoms. The zero-order valence-corrected chi connectivity index (χ0v) is 19.1. The predicted molar refractivity (Wildman–Crippen MR) is 125 cm³/mol. The summed E-state index contributed by atoms with van der Waals surface area (Å²) < 4.78 is 32.8. The third kappa shape index (κ3) is 6.78. The summed E-state index contributed by atoms with van der Waals surface area (Å²) in [4.78, 5) is 12.6. The van der Waals surface area contributed by atoms with E-state index >= 15 is 0 Å². The molecule has 0 saturated heterocycles. The molecule has 0 aliphatic heterocycles. The maximum Gasteiger partial charge on any atom is 0.264 e. The Bertz CT molecular complexity index is 1060. The fourth-order valence-electron chi connectivity index (χ4n) is 2.80. The molecule has 6 nitrogen and oxygen atoms in total. The van der Waals surface area contributed by atoms with Crippen molar-refractivity contribution in [1.82, 2.24) is 5.32 Å². The smallest absolute Gasteiger partial charge is 0.264 e. The van der Waals surface area contributed by atoms with Gasteiger partial charge in [-0.2, -0.15) is 11.8 Å². The molecule has 0 saturated carbocycles. The summed E-state index contributed by atoms with van der Waals surface area (Å²) in [5.74, 6) is 2.19. The molecule has 0 fully saturated rings. The van der Waals surface area contributed by atoms with E-state index in [2.05, 4.69) is 5.32 Å². The number of nitrogens with one attached hydrogen (secondary N) is 1. The number of sulfonamides is 1. The molecule has 1 aromatic heterocycles. The number of halogens is 1. The van der Waals surface area contributed by atoms with Gasteiger partial charge in [0.15, 0.2) is 0 Å². The minimum Gasteiger partial charge on any atom is -0.468 e. The molecule has 2 aromatic carbocycles. The number of amides is 1. The van der Waals surface area contributed by atoms with Crippen molar-refractivity contribution in [3.05, 3.63) is 83.8 Å². The number of carbonyl (C=O) groups excluding carboxylic acids is 1. The lowest BCUT2D eigenvalue weighted by Crippen LogP contribution is -2.41. The minimum atomic E-state index is -3.93. The first-order valence-corrected chi connectivity index (χ1v) is 12.6. The van der Waals surface area contributed by atoms with Crippen molar-refractivity contribution in [2.45, 2.75) is 17.1 Å². The van der Waals surface area contributed by atoms with Gasteiger partial charge in [-0.05, 0) is 60.7 Å². The Hall–Kier alpha value is -2.42. The number of nitrogens with zero attached hydrogens (tertiary/aromatic N) is 1. The number of benzene rings is 2. The summed E-state index contributed by atoms with van der Waals surface area (Å²) in [7, 11) is -3.93. The average Bonchev–Trinajstić information content (AvgIpc) is 3.29. The van der Waals surface area contributed by atoms with Crippen LogP contribution in [-0.4, -0.2) is 33.2 Å². The van der Waals surface area contributed by atoms with E-state index in [1.165, 1.54) is 24.3 Å². The van der Waals surface area contributed by atoms with Gasteiger partial charge >= 0.3 is 0 Å². The fraction of sp³-hybridized carbons (Fsp3) is 0.227. The number of carbonyl (C=O) groups is 1. The second-order valence-corrected chi connectivity index (χ2v) is 10.0. The average molecular weight is 479 g/mol. The van der Waals surface area contributed by atoms with Crippen LogP contribution in [0.15, 0.2) is 82.3 Å². The van der Waals surface area contributed by atoms with E-state index in [0.717, 1.165) is 28.0 Å². The van der Waals surface area contributed by atoms with E-state index in [9.17, 15) is 13.2 Å². The van der Waals surface area contributed by atoms with E-state index in [1.807, 2.05) is 12.1 Å². The van der Waals surface area contributed by atoms with Crippen molar-refractivity contribution in [2.24, 2.45) is 0 Å². The molecular weight excluding hydrogens is 456 g/mol. The van der Waals surface area contributed by atoms with E-state index < -0.39 is 10.0 Å². The van der Waals surface area contributed by atoms with E-state index in [1.54, 1.807) is 48.4 Å². The molecule has 0 bridgehead atoms. The molecule has 9 heteroatoms. The summed E-state index contributed by atoms with van der Waals surface area (Å²) in [6.07, 6.45) is 2.42. The molecule has 1 N–H and O–H groups in total. The van der Waals surface area contributed by atoms with Gasteiger partial charge in [0.2, 0.25) is 5.91 Å². The monoisotopic (exact) mass is 478 g/mol. The second-order valence-electron chi connectivity index (χ2n) is 6.64. The Morgan fingerprint density at radius 2 is 1.77 bits per heavy atom. The summed E-state index contributed by atoms with van der Waals surface area (Å²) in [5, 5.41) is 3.24. The van der Waals surface area contributed by atoms with Crippen LogP contribution in [-0.2, 0) is 20.6 Å². The van der Waals surface area contributed by atoms with Crippen molar-refractivity contribution in [3.8, 4) is 0 Å². The van der Waals surface area contributed by atoms with Gasteiger partial charge < -0.3 is 9.73 Å². The molecule has 3 aromatic rings. The van der Waals surface area contributed by atoms with Gasteiger partial charge in [0.25, 0.3) is 10.0 Å². The third-order valence-electron chi connectivity index (χ3n) is 4.35. The maximum atomic E-state index is 13.2. The molecule has 0 radical (unpaired) electrons. The van der Waals surface area contributed by atoms with Crippen molar-refractivity contribution in [3.63, 3.8) is 0 Å². The summed E-state index contributed by atoms with van der Waals surface area (Å²) >= 11 is 7.60. The van der Waals surface area contributed by atoms with Crippen molar-refractivity contribution < 1.29 is 17.6 Å². The number of thioether (sulfide) groups is 1. The van der Waals surface area contributed by atoms with Gasteiger partial charge in [0.1, 0.15) is 12.3 Å². The van der Waals surface area contributed by atoms with Crippen LogP contribution in [0.3, 0.4) is 0 Å². The van der Waals surface area contributed by atoms with Crippen molar-refractivity contribution >= 4 is 45.0 Å². The van der Waals surface area contributed by atoms with Crippen LogP contribution in [0.2, 0.25) is 5.02 Å². The Morgan fingerprint density at radius 3 is 2.45 bits per heavy atom. The van der Waals surface area contributed by atoms with Gasteiger partial charge in [-0.1, -0.05) is 29.8 Å². The lowest BCUT2D eigenvalue weighted by Gasteiger charge is -2.24. The number of hydrogen-bond donors (Lipinski definition) is 1. The predicted octanol–water partition coefficient (Wildman–Crippen LogP) is 4.57. The van der Waals surface area contributed by atoms with Gasteiger partial charge in [-0.15, -0.1) is 0 Å². The summed E-state index contributed by atoms with van der Waals surface area (Å²) in [5.41, 5.74) is 0.418. The van der Waals surface area contributed by atoms with Gasteiger partial charge in [0, 0.05) is 11.6 Å². The molecule has 1 heterocycles. The van der Waals surface area contributed by atoms with E-state index in [-0.39, 0.29) is 17.3 Å². The zero-order valence-electron chi connectivity index (χ0n) is 16.7. The highest BCUT2D eigenvalue weighted by molar-refractivity contribution is 7.98.